The van der Waals surface area contributed by atoms with Gasteiger partial charge in [-0.25, -0.2) is 0 Å². The highest BCUT2D eigenvalue weighted by Gasteiger charge is 2.04. The molecule has 1 aromatic carbocycles. The van der Waals surface area contributed by atoms with E-state index in [1.165, 1.54) is 0 Å². The van der Waals surface area contributed by atoms with Crippen LogP contribution in [0.25, 0.3) is 0 Å². The zero-order chi connectivity index (χ0) is 12.3. The number of nitrogens with zero attached hydrogens (tertiary/aromatic N) is 2. The van der Waals surface area contributed by atoms with Crippen LogP contribution in [0.1, 0.15) is 25.6 Å². The fraction of sp³-hybridized carbons (Fsp3) is 0.308. The van der Waals surface area contributed by atoms with Crippen LogP contribution in [0, 0.1) is 0 Å². The van der Waals surface area contributed by atoms with Crippen molar-refractivity contribution in [3.05, 3.63) is 42.2 Å². The lowest BCUT2D eigenvalue weighted by molar-refractivity contribution is 0.283. The number of phenols is 1. The van der Waals surface area contributed by atoms with E-state index in [0.717, 1.165) is 5.69 Å². The average Bonchev–Trinajstić information content (AvgIpc) is 2.77. The zero-order valence-corrected chi connectivity index (χ0v) is 10.00. The lowest BCUT2D eigenvalue weighted by Crippen LogP contribution is -2.03. The Morgan fingerprint density at radius 2 is 2.06 bits per heavy atom. The lowest BCUT2D eigenvalue weighted by atomic mass is 10.3. The van der Waals surface area contributed by atoms with Gasteiger partial charge in [0.2, 0.25) is 0 Å². The number of hydrogen-bond acceptors (Lipinski definition) is 3. The van der Waals surface area contributed by atoms with Gasteiger partial charge in [-0.05, 0) is 32.0 Å². The summed E-state index contributed by atoms with van der Waals surface area (Å²) in [5, 5.41) is 13.9. The largest absolute Gasteiger partial charge is 0.504 e. The third-order valence-corrected chi connectivity index (χ3v) is 2.43. The van der Waals surface area contributed by atoms with Crippen LogP contribution in [0.15, 0.2) is 36.5 Å². The molecule has 0 fully saturated rings. The van der Waals surface area contributed by atoms with Gasteiger partial charge in [-0.3, -0.25) is 4.68 Å². The molecule has 1 heterocycles. The highest BCUT2D eigenvalue weighted by Crippen LogP contribution is 2.25. The highest BCUT2D eigenvalue weighted by molar-refractivity contribution is 5.37. The fourth-order valence-electron chi connectivity index (χ4n) is 1.47. The van der Waals surface area contributed by atoms with Crippen LogP contribution >= 0.6 is 0 Å². The summed E-state index contributed by atoms with van der Waals surface area (Å²) in [5.74, 6) is 0.627. The van der Waals surface area contributed by atoms with Crippen molar-refractivity contribution in [2.75, 3.05) is 0 Å². The summed E-state index contributed by atoms with van der Waals surface area (Å²) >= 11 is 0. The second-order valence-corrected chi connectivity index (χ2v) is 4.14. The van der Waals surface area contributed by atoms with Crippen molar-refractivity contribution in [1.29, 1.82) is 0 Å². The Bertz CT molecular complexity index is 492. The maximum Gasteiger partial charge on any atom is 0.161 e. The van der Waals surface area contributed by atoms with Gasteiger partial charge >= 0.3 is 0 Å². The molecule has 0 spiro atoms. The van der Waals surface area contributed by atoms with Crippen molar-refractivity contribution >= 4 is 0 Å². The molecule has 17 heavy (non-hydrogen) atoms. The van der Waals surface area contributed by atoms with Crippen LogP contribution in [0.4, 0.5) is 0 Å². The zero-order valence-electron chi connectivity index (χ0n) is 10.00. The SMILES string of the molecule is CC(C)n1ccc(COc2ccccc2O)n1. The number of phenolic OH excluding ortho intramolecular Hbond substituents is 1. The first kappa shape index (κ1) is 11.5. The normalized spacial score (nSPS) is 10.8. The topological polar surface area (TPSA) is 47.3 Å². The molecule has 0 atom stereocenters. The summed E-state index contributed by atoms with van der Waals surface area (Å²) in [5.41, 5.74) is 0.849. The number of ether oxygens (including phenoxy) is 1. The molecule has 0 saturated heterocycles. The summed E-state index contributed by atoms with van der Waals surface area (Å²) in [6.45, 7) is 4.50. The molecule has 90 valence electrons. The molecular weight excluding hydrogens is 216 g/mol. The summed E-state index contributed by atoms with van der Waals surface area (Å²) in [4.78, 5) is 0. The molecule has 0 amide bonds. The molecule has 0 bridgehead atoms. The van der Waals surface area contributed by atoms with Crippen LogP contribution in [0.2, 0.25) is 0 Å². The van der Waals surface area contributed by atoms with Crippen molar-refractivity contribution in [2.24, 2.45) is 0 Å². The molecule has 0 aliphatic heterocycles. The predicted molar refractivity (Wildman–Crippen MR) is 65.1 cm³/mol. The Labute approximate surface area is 100 Å². The first-order valence-electron chi connectivity index (χ1n) is 5.61. The molecule has 1 aromatic heterocycles. The molecule has 0 unspecified atom stereocenters. The standard InChI is InChI=1S/C13H16N2O2/c1-10(2)15-8-7-11(14-15)9-17-13-6-4-3-5-12(13)16/h3-8,10,16H,9H2,1-2H3. The van der Waals surface area contributed by atoms with E-state index >= 15 is 0 Å². The van der Waals surface area contributed by atoms with Crippen LogP contribution in [-0.2, 0) is 6.61 Å². The first-order valence-corrected chi connectivity index (χ1v) is 5.61. The van der Waals surface area contributed by atoms with Gasteiger partial charge in [-0.1, -0.05) is 12.1 Å². The van der Waals surface area contributed by atoms with Crippen molar-refractivity contribution < 1.29 is 9.84 Å². The number of aromatic nitrogens is 2. The maximum atomic E-state index is 9.53. The second-order valence-electron chi connectivity index (χ2n) is 4.14. The van der Waals surface area contributed by atoms with Crippen LogP contribution in [0.3, 0.4) is 0 Å². The van der Waals surface area contributed by atoms with Gasteiger partial charge in [-0.2, -0.15) is 5.10 Å². The van der Waals surface area contributed by atoms with Gasteiger partial charge in [0.15, 0.2) is 11.5 Å². The number of hydrogen-bond donors (Lipinski definition) is 1. The Hall–Kier alpha value is -1.97. The van der Waals surface area contributed by atoms with E-state index < -0.39 is 0 Å². The fourth-order valence-corrected chi connectivity index (χ4v) is 1.47. The summed E-state index contributed by atoms with van der Waals surface area (Å²) in [7, 11) is 0. The Kier molecular flexibility index (Phi) is 3.32. The van der Waals surface area contributed by atoms with Gasteiger partial charge in [0.25, 0.3) is 0 Å². The van der Waals surface area contributed by atoms with Crippen LogP contribution in [0.5, 0.6) is 11.5 Å². The first-order chi connectivity index (χ1) is 8.16. The van der Waals surface area contributed by atoms with Gasteiger partial charge < -0.3 is 9.84 Å². The number of rotatable bonds is 4. The van der Waals surface area contributed by atoms with Gasteiger partial charge in [0.1, 0.15) is 6.61 Å². The minimum Gasteiger partial charge on any atom is -0.504 e. The summed E-state index contributed by atoms with van der Waals surface area (Å²) in [6.07, 6.45) is 1.92. The minimum absolute atomic E-state index is 0.149. The Balaban J connectivity index is 2.00. The van der Waals surface area contributed by atoms with E-state index in [1.807, 2.05) is 23.0 Å². The number of para-hydroxylation sites is 2. The van der Waals surface area contributed by atoms with E-state index in [2.05, 4.69) is 18.9 Å². The minimum atomic E-state index is 0.149. The van der Waals surface area contributed by atoms with E-state index in [-0.39, 0.29) is 5.75 Å². The van der Waals surface area contributed by atoms with E-state index in [9.17, 15) is 5.11 Å². The number of aromatic hydroxyl groups is 1. The monoisotopic (exact) mass is 232 g/mol. The van der Waals surface area contributed by atoms with Gasteiger partial charge in [-0.15, -0.1) is 0 Å². The summed E-state index contributed by atoms with van der Waals surface area (Å²) < 4.78 is 7.37. The second kappa shape index (κ2) is 4.91. The molecule has 0 aliphatic rings. The average molecular weight is 232 g/mol. The quantitative estimate of drug-likeness (QED) is 0.881. The lowest BCUT2D eigenvalue weighted by Gasteiger charge is -2.06. The molecular formula is C13H16N2O2. The van der Waals surface area contributed by atoms with E-state index in [0.29, 0.717) is 18.4 Å². The van der Waals surface area contributed by atoms with Gasteiger partial charge in [0.05, 0.1) is 5.69 Å². The maximum absolute atomic E-state index is 9.53. The molecule has 0 saturated carbocycles. The predicted octanol–water partition coefficient (Wildman–Crippen LogP) is 2.75. The van der Waals surface area contributed by atoms with Gasteiger partial charge in [0, 0.05) is 12.2 Å². The number of benzene rings is 1. The smallest absolute Gasteiger partial charge is 0.161 e. The molecule has 4 nitrogen and oxygen atoms in total. The highest BCUT2D eigenvalue weighted by atomic mass is 16.5. The summed E-state index contributed by atoms with van der Waals surface area (Å²) in [6, 6.07) is 9.17. The third-order valence-electron chi connectivity index (χ3n) is 2.43. The molecule has 1 N–H and O–H groups in total. The molecule has 0 aliphatic carbocycles. The Morgan fingerprint density at radius 1 is 1.29 bits per heavy atom. The molecule has 4 heteroatoms. The molecule has 2 rings (SSSR count). The van der Waals surface area contributed by atoms with Crippen molar-refractivity contribution in [1.82, 2.24) is 9.78 Å². The van der Waals surface area contributed by atoms with Crippen LogP contribution in [-0.4, -0.2) is 14.9 Å². The van der Waals surface area contributed by atoms with E-state index in [1.54, 1.807) is 18.2 Å². The van der Waals surface area contributed by atoms with Crippen molar-refractivity contribution in [3.63, 3.8) is 0 Å². The van der Waals surface area contributed by atoms with E-state index in [4.69, 9.17) is 4.74 Å². The molecule has 0 radical (unpaired) electrons. The molecule has 2 aromatic rings. The van der Waals surface area contributed by atoms with Crippen molar-refractivity contribution in [2.45, 2.75) is 26.5 Å². The van der Waals surface area contributed by atoms with Crippen molar-refractivity contribution in [3.8, 4) is 11.5 Å². The third kappa shape index (κ3) is 2.78. The Morgan fingerprint density at radius 3 is 2.71 bits per heavy atom. The van der Waals surface area contributed by atoms with Crippen LogP contribution < -0.4 is 4.74 Å².